The van der Waals surface area contributed by atoms with E-state index in [0.717, 1.165) is 5.56 Å². The molecule has 6 rings (SSSR count). The summed E-state index contributed by atoms with van der Waals surface area (Å²) in [5.74, 6) is -1.52. The summed E-state index contributed by atoms with van der Waals surface area (Å²) in [5, 5.41) is 13.0. The van der Waals surface area contributed by atoms with Gasteiger partial charge in [-0.25, -0.2) is 13.2 Å². The molecule has 9 heteroatoms. The molecule has 1 aromatic rings. The number of ketones is 1. The number of nitrogens with zero attached hydrogens (tertiary/aromatic N) is 1. The number of benzene rings is 1. The molecule has 4 fully saturated rings. The summed E-state index contributed by atoms with van der Waals surface area (Å²) in [7, 11) is 0. The van der Waals surface area contributed by atoms with Crippen molar-refractivity contribution in [2.24, 2.45) is 34.5 Å². The maximum absolute atomic E-state index is 15.7. The van der Waals surface area contributed by atoms with Crippen molar-refractivity contribution < 1.29 is 32.7 Å². The van der Waals surface area contributed by atoms with E-state index in [1.807, 2.05) is 13.8 Å². The van der Waals surface area contributed by atoms with Crippen molar-refractivity contribution in [2.45, 2.75) is 57.5 Å². The van der Waals surface area contributed by atoms with Gasteiger partial charge < -0.3 is 5.11 Å². The van der Waals surface area contributed by atoms with E-state index in [0.29, 0.717) is 36.8 Å². The van der Waals surface area contributed by atoms with Crippen molar-refractivity contribution in [1.29, 1.82) is 0 Å². The third-order valence-corrected chi connectivity index (χ3v) is 11.0. The average molecular weight is 548 g/mol. The Kier molecular flexibility index (Phi) is 6.26. The topological polar surface area (TPSA) is 66.8 Å². The zero-order valence-electron chi connectivity index (χ0n) is 21.4. The van der Waals surface area contributed by atoms with Crippen LogP contribution in [0.4, 0.5) is 13.2 Å². The maximum Gasteiger partial charge on any atom is 0.226 e. The first kappa shape index (κ1) is 26.3. The lowest BCUT2D eigenvalue weighted by Gasteiger charge is -2.60. The van der Waals surface area contributed by atoms with Gasteiger partial charge >= 0.3 is 0 Å². The summed E-state index contributed by atoms with van der Waals surface area (Å²) < 4.78 is 42.7. The second-order valence-electron chi connectivity index (χ2n) is 12.1. The summed E-state index contributed by atoms with van der Waals surface area (Å²) >= 11 is 0.589. The molecule has 0 amide bonds. The van der Waals surface area contributed by atoms with Gasteiger partial charge in [-0.3, -0.25) is 14.4 Å². The minimum atomic E-state index is -1.36. The van der Waals surface area contributed by atoms with Gasteiger partial charge in [-0.05, 0) is 66.5 Å². The average Bonchev–Trinajstić information content (AvgIpc) is 3.34. The molecule has 0 bridgehead atoms. The molecule has 1 aromatic carbocycles. The normalized spacial score (nSPS) is 43.7. The van der Waals surface area contributed by atoms with Crippen molar-refractivity contribution >= 4 is 22.7 Å². The van der Waals surface area contributed by atoms with Crippen molar-refractivity contribution in [2.75, 3.05) is 12.6 Å². The molecule has 0 radical (unpaired) electrons. The van der Waals surface area contributed by atoms with Gasteiger partial charge in [0.25, 0.3) is 0 Å². The number of carbonyl (C=O) groups is 2. The number of alkyl halides is 2. The zero-order chi connectivity index (χ0) is 27.0. The van der Waals surface area contributed by atoms with Crippen LogP contribution < -0.4 is 0 Å². The predicted molar refractivity (Wildman–Crippen MR) is 136 cm³/mol. The molecule has 5 nitrogen and oxygen atoms in total. The Bertz CT molecular complexity index is 1220. The van der Waals surface area contributed by atoms with E-state index in [1.54, 1.807) is 23.3 Å². The Morgan fingerprint density at radius 3 is 2.68 bits per heavy atom. The van der Waals surface area contributed by atoms with Gasteiger partial charge in [-0.2, -0.15) is 5.06 Å². The lowest BCUT2D eigenvalue weighted by Crippen LogP contribution is -2.63. The summed E-state index contributed by atoms with van der Waals surface area (Å²) in [6, 6.07) is 5.17. The second-order valence-corrected chi connectivity index (χ2v) is 12.9. The first-order chi connectivity index (χ1) is 18.0. The summed E-state index contributed by atoms with van der Waals surface area (Å²) in [4.78, 5) is 32.3. The summed E-state index contributed by atoms with van der Waals surface area (Å²) in [6.45, 7) is 4.59. The van der Waals surface area contributed by atoms with Crippen LogP contribution >= 0.6 is 11.8 Å². The van der Waals surface area contributed by atoms with E-state index in [2.05, 4.69) is 0 Å². The van der Waals surface area contributed by atoms with Gasteiger partial charge in [0.15, 0.2) is 11.4 Å². The van der Waals surface area contributed by atoms with Crippen molar-refractivity contribution in [3.63, 3.8) is 0 Å². The minimum absolute atomic E-state index is 0.124. The molecule has 1 heterocycles. The van der Waals surface area contributed by atoms with Crippen molar-refractivity contribution in [3.8, 4) is 0 Å². The van der Waals surface area contributed by atoms with Crippen LogP contribution in [0.15, 0.2) is 48.1 Å². The molecular weight excluding hydrogens is 515 g/mol. The van der Waals surface area contributed by atoms with Gasteiger partial charge in [-0.1, -0.05) is 43.8 Å². The number of thioether (sulfide) groups is 1. The molecule has 1 aliphatic heterocycles. The van der Waals surface area contributed by atoms with Gasteiger partial charge in [-0.15, -0.1) is 0 Å². The van der Waals surface area contributed by atoms with Crippen LogP contribution in [0.1, 0.15) is 38.7 Å². The third kappa shape index (κ3) is 3.57. The number of fused-ring (bicyclic) bond motifs is 7. The third-order valence-electron chi connectivity index (χ3n) is 10.3. The molecule has 0 aromatic heterocycles. The summed E-state index contributed by atoms with van der Waals surface area (Å²) in [5.41, 5.74) is -1.76. The Balaban J connectivity index is 1.37. The zero-order valence-corrected chi connectivity index (χ0v) is 22.2. The lowest BCUT2D eigenvalue weighted by atomic mass is 9.46. The summed E-state index contributed by atoms with van der Waals surface area (Å²) in [6.07, 6.45) is 3.40. The quantitative estimate of drug-likeness (QED) is 0.576. The van der Waals surface area contributed by atoms with Gasteiger partial charge in [0.1, 0.15) is 18.0 Å². The second kappa shape index (κ2) is 9.04. The van der Waals surface area contributed by atoms with E-state index < -0.39 is 39.8 Å². The fraction of sp³-hybridized carbons (Fsp3) is 0.586. The predicted octanol–water partition coefficient (Wildman–Crippen LogP) is 4.95. The van der Waals surface area contributed by atoms with Crippen LogP contribution in [0.3, 0.4) is 0 Å². The number of hydrogen-bond acceptors (Lipinski definition) is 6. The fourth-order valence-electron chi connectivity index (χ4n) is 8.84. The molecule has 0 spiro atoms. The number of rotatable bonds is 4. The standard InChI is InChI=1S/C29H32F3NO4S/c1-27-8-7-19(34)10-22(27)23(32)11-20-21-9-17-14-33(13-16-3-5-18(31)6-4-16)37-29(17,26(36)38-15-30)28(21,2)12-24(35)25(20)27/h3-8,10,17,20-21,23-25,35H,9,11-15H2,1-2H3. The first-order valence-corrected chi connectivity index (χ1v) is 14.2. The van der Waals surface area contributed by atoms with Crippen LogP contribution in [0.25, 0.3) is 0 Å². The molecule has 5 aliphatic rings. The highest BCUT2D eigenvalue weighted by atomic mass is 32.2. The van der Waals surface area contributed by atoms with E-state index in [9.17, 15) is 23.5 Å². The smallest absolute Gasteiger partial charge is 0.226 e. The molecule has 1 saturated heterocycles. The Morgan fingerprint density at radius 1 is 1.24 bits per heavy atom. The van der Waals surface area contributed by atoms with Gasteiger partial charge in [0.05, 0.1) is 6.10 Å². The molecule has 3 saturated carbocycles. The van der Waals surface area contributed by atoms with Crippen molar-refractivity contribution in [1.82, 2.24) is 5.06 Å². The van der Waals surface area contributed by atoms with Crippen LogP contribution in [0.2, 0.25) is 0 Å². The molecule has 204 valence electrons. The van der Waals surface area contributed by atoms with Crippen LogP contribution in [0, 0.1) is 40.3 Å². The minimum Gasteiger partial charge on any atom is -0.393 e. The largest absolute Gasteiger partial charge is 0.393 e. The number of hydrogen-bond donors (Lipinski definition) is 1. The number of halogens is 3. The van der Waals surface area contributed by atoms with Gasteiger partial charge in [0, 0.05) is 35.8 Å². The number of aliphatic hydroxyl groups is 1. The van der Waals surface area contributed by atoms with E-state index in [4.69, 9.17) is 4.84 Å². The Hall–Kier alpha value is -1.94. The monoisotopic (exact) mass is 547 g/mol. The molecule has 38 heavy (non-hydrogen) atoms. The Labute approximate surface area is 224 Å². The van der Waals surface area contributed by atoms with E-state index >= 15 is 4.39 Å². The SMILES string of the molecule is CC12C=CC(=O)C=C1C(F)CC1C2C(O)CC2(C)C1CC1CN(Cc3ccc(F)cc3)OC12C(=O)SCF. The number of allylic oxidation sites excluding steroid dienone is 4. The van der Waals surface area contributed by atoms with Crippen LogP contribution in [0.5, 0.6) is 0 Å². The fourth-order valence-corrected chi connectivity index (χ4v) is 9.59. The van der Waals surface area contributed by atoms with Crippen LogP contribution in [-0.4, -0.2) is 51.5 Å². The number of aliphatic hydroxyl groups excluding tert-OH is 1. The molecule has 1 N–H and O–H groups in total. The van der Waals surface area contributed by atoms with Crippen LogP contribution in [-0.2, 0) is 21.0 Å². The number of carbonyl (C=O) groups excluding carboxylic acids is 2. The lowest BCUT2D eigenvalue weighted by molar-refractivity contribution is -0.250. The van der Waals surface area contributed by atoms with E-state index in [-0.39, 0.29) is 48.1 Å². The van der Waals surface area contributed by atoms with E-state index in [1.165, 1.54) is 24.3 Å². The number of hydroxylamine groups is 2. The highest BCUT2D eigenvalue weighted by Crippen LogP contribution is 2.71. The molecule has 4 aliphatic carbocycles. The highest BCUT2D eigenvalue weighted by molar-refractivity contribution is 8.13. The van der Waals surface area contributed by atoms with Crippen molar-refractivity contribution in [3.05, 3.63) is 59.4 Å². The maximum atomic E-state index is 15.7. The molecule has 9 atom stereocenters. The highest BCUT2D eigenvalue weighted by Gasteiger charge is 2.75. The Morgan fingerprint density at radius 2 is 1.97 bits per heavy atom. The molecule has 9 unspecified atom stereocenters. The molecular formula is C29H32F3NO4S. The van der Waals surface area contributed by atoms with Gasteiger partial charge in [0.2, 0.25) is 5.12 Å². The first-order valence-electron chi connectivity index (χ1n) is 13.2.